The van der Waals surface area contributed by atoms with Crippen molar-refractivity contribution in [1.29, 1.82) is 0 Å². The van der Waals surface area contributed by atoms with Crippen molar-refractivity contribution in [3.05, 3.63) is 12.5 Å². The van der Waals surface area contributed by atoms with Gasteiger partial charge in [0.05, 0.1) is 6.20 Å². The van der Waals surface area contributed by atoms with Crippen molar-refractivity contribution in [3.63, 3.8) is 0 Å². The van der Waals surface area contributed by atoms with E-state index in [9.17, 15) is 0 Å². The van der Waals surface area contributed by atoms with E-state index in [1.165, 1.54) is 12.7 Å². The van der Waals surface area contributed by atoms with Crippen LogP contribution in [0.1, 0.15) is 19.3 Å². The third-order valence-electron chi connectivity index (χ3n) is 3.65. The van der Waals surface area contributed by atoms with Crippen molar-refractivity contribution in [2.45, 2.75) is 25.4 Å². The van der Waals surface area contributed by atoms with Gasteiger partial charge in [-0.15, -0.1) is 0 Å². The number of aryl methyl sites for hydroxylation is 1. The number of rotatable bonds is 3. The Morgan fingerprint density at radius 3 is 3.17 bits per heavy atom. The van der Waals surface area contributed by atoms with E-state index in [4.69, 9.17) is 10.5 Å². The summed E-state index contributed by atoms with van der Waals surface area (Å²) in [7, 11) is 1.86. The van der Waals surface area contributed by atoms with Gasteiger partial charge in [0, 0.05) is 13.0 Å². The molecule has 3 rings (SSSR count). The van der Waals surface area contributed by atoms with Crippen LogP contribution in [0.4, 0.5) is 0 Å². The van der Waals surface area contributed by atoms with E-state index in [0.717, 1.165) is 23.9 Å². The molecule has 2 unspecified atom stereocenters. The van der Waals surface area contributed by atoms with Crippen LogP contribution in [0, 0.1) is 5.92 Å². The molecule has 6 heteroatoms. The maximum atomic E-state index is 6.02. The van der Waals surface area contributed by atoms with Gasteiger partial charge in [-0.25, -0.2) is 9.97 Å². The average Bonchev–Trinajstić information content (AvgIpc) is 2.98. The van der Waals surface area contributed by atoms with E-state index < -0.39 is 0 Å². The third-order valence-corrected chi connectivity index (χ3v) is 3.65. The molecule has 1 aliphatic carbocycles. The monoisotopic (exact) mass is 247 g/mol. The van der Waals surface area contributed by atoms with Crippen LogP contribution in [0.5, 0.6) is 5.88 Å². The Balaban J connectivity index is 1.90. The van der Waals surface area contributed by atoms with Crippen molar-refractivity contribution in [2.75, 3.05) is 6.54 Å². The van der Waals surface area contributed by atoms with E-state index in [1.54, 1.807) is 10.9 Å². The van der Waals surface area contributed by atoms with Gasteiger partial charge in [0.15, 0.2) is 5.65 Å². The molecule has 2 aromatic heterocycles. The molecule has 96 valence electrons. The molecule has 0 spiro atoms. The van der Waals surface area contributed by atoms with E-state index in [1.807, 2.05) is 7.05 Å². The Labute approximate surface area is 105 Å². The van der Waals surface area contributed by atoms with Crippen LogP contribution in [0.15, 0.2) is 12.5 Å². The number of fused-ring (bicyclic) bond motifs is 1. The van der Waals surface area contributed by atoms with Crippen molar-refractivity contribution >= 4 is 11.0 Å². The molecule has 6 nitrogen and oxygen atoms in total. The fourth-order valence-electron chi connectivity index (χ4n) is 2.61. The van der Waals surface area contributed by atoms with Gasteiger partial charge in [-0.3, -0.25) is 4.68 Å². The topological polar surface area (TPSA) is 78.9 Å². The number of hydrogen-bond donors (Lipinski definition) is 1. The van der Waals surface area contributed by atoms with Crippen molar-refractivity contribution in [1.82, 2.24) is 19.7 Å². The van der Waals surface area contributed by atoms with Crippen LogP contribution in [-0.2, 0) is 7.05 Å². The number of nitrogens with two attached hydrogens (primary N) is 1. The second-order valence-corrected chi connectivity index (χ2v) is 4.77. The summed E-state index contributed by atoms with van der Waals surface area (Å²) in [6.45, 7) is 0.673. The summed E-state index contributed by atoms with van der Waals surface area (Å²) in [5.41, 5.74) is 6.56. The molecule has 0 bridgehead atoms. The summed E-state index contributed by atoms with van der Waals surface area (Å²) in [6.07, 6.45) is 6.81. The molecule has 1 saturated carbocycles. The zero-order valence-electron chi connectivity index (χ0n) is 10.4. The van der Waals surface area contributed by atoms with Crippen LogP contribution in [-0.4, -0.2) is 32.4 Å². The minimum Gasteiger partial charge on any atom is -0.473 e. The first kappa shape index (κ1) is 11.4. The zero-order chi connectivity index (χ0) is 12.5. The summed E-state index contributed by atoms with van der Waals surface area (Å²) < 4.78 is 7.74. The third kappa shape index (κ3) is 1.82. The van der Waals surface area contributed by atoms with Gasteiger partial charge in [-0.2, -0.15) is 5.10 Å². The van der Waals surface area contributed by atoms with E-state index in [2.05, 4.69) is 15.1 Å². The molecular formula is C12H17N5O. The molecule has 2 aromatic rings. The Kier molecular flexibility index (Phi) is 2.87. The summed E-state index contributed by atoms with van der Waals surface area (Å²) >= 11 is 0. The van der Waals surface area contributed by atoms with Crippen molar-refractivity contribution < 1.29 is 4.74 Å². The second kappa shape index (κ2) is 4.53. The molecule has 18 heavy (non-hydrogen) atoms. The highest BCUT2D eigenvalue weighted by atomic mass is 16.5. The first-order valence-electron chi connectivity index (χ1n) is 6.29. The van der Waals surface area contributed by atoms with Gasteiger partial charge in [0.2, 0.25) is 5.88 Å². The molecule has 0 amide bonds. The van der Waals surface area contributed by atoms with Gasteiger partial charge in [-0.1, -0.05) is 0 Å². The normalized spacial score (nSPS) is 23.7. The molecule has 0 radical (unpaired) electrons. The molecule has 0 aliphatic heterocycles. The van der Waals surface area contributed by atoms with Crippen molar-refractivity contribution in [2.24, 2.45) is 18.7 Å². The lowest BCUT2D eigenvalue weighted by Gasteiger charge is -2.19. The van der Waals surface area contributed by atoms with E-state index in [0.29, 0.717) is 18.3 Å². The Bertz CT molecular complexity index is 552. The highest BCUT2D eigenvalue weighted by molar-refractivity contribution is 5.79. The van der Waals surface area contributed by atoms with Crippen LogP contribution in [0.2, 0.25) is 0 Å². The molecular weight excluding hydrogens is 230 g/mol. The molecule has 1 fully saturated rings. The highest BCUT2D eigenvalue weighted by Gasteiger charge is 2.28. The summed E-state index contributed by atoms with van der Waals surface area (Å²) in [5.74, 6) is 1.06. The van der Waals surface area contributed by atoms with Gasteiger partial charge >= 0.3 is 0 Å². The van der Waals surface area contributed by atoms with E-state index >= 15 is 0 Å². The predicted molar refractivity (Wildman–Crippen MR) is 67.1 cm³/mol. The molecule has 0 saturated heterocycles. The van der Waals surface area contributed by atoms with Crippen LogP contribution in [0.25, 0.3) is 11.0 Å². The Morgan fingerprint density at radius 2 is 2.33 bits per heavy atom. The lowest BCUT2D eigenvalue weighted by atomic mass is 10.1. The Hall–Kier alpha value is -1.69. The molecule has 1 aliphatic rings. The number of aromatic nitrogens is 4. The van der Waals surface area contributed by atoms with Gasteiger partial charge in [0.1, 0.15) is 17.8 Å². The Morgan fingerprint density at radius 1 is 1.44 bits per heavy atom. The standard InChI is InChI=1S/C12H17N5O/c1-17-11-9(6-16-17)12(15-7-14-11)18-10-4-2-3-8(10)5-13/h6-8,10H,2-5,13H2,1H3. The number of hydrogen-bond acceptors (Lipinski definition) is 5. The van der Waals surface area contributed by atoms with E-state index in [-0.39, 0.29) is 6.10 Å². The minimum absolute atomic E-state index is 0.174. The lowest BCUT2D eigenvalue weighted by molar-refractivity contribution is 0.158. The summed E-state index contributed by atoms with van der Waals surface area (Å²) in [4.78, 5) is 8.42. The van der Waals surface area contributed by atoms with Gasteiger partial charge < -0.3 is 10.5 Å². The number of ether oxygens (including phenoxy) is 1. The predicted octanol–water partition coefficient (Wildman–Crippen LogP) is 0.869. The second-order valence-electron chi connectivity index (χ2n) is 4.77. The smallest absolute Gasteiger partial charge is 0.228 e. The van der Waals surface area contributed by atoms with Gasteiger partial charge in [-0.05, 0) is 25.8 Å². The van der Waals surface area contributed by atoms with Crippen LogP contribution >= 0.6 is 0 Å². The van der Waals surface area contributed by atoms with Crippen LogP contribution < -0.4 is 10.5 Å². The van der Waals surface area contributed by atoms with Crippen molar-refractivity contribution in [3.8, 4) is 5.88 Å². The minimum atomic E-state index is 0.174. The summed E-state index contributed by atoms with van der Waals surface area (Å²) in [5, 5.41) is 5.04. The van der Waals surface area contributed by atoms with Crippen LogP contribution in [0.3, 0.4) is 0 Å². The molecule has 2 atom stereocenters. The van der Waals surface area contributed by atoms with Gasteiger partial charge in [0.25, 0.3) is 0 Å². The molecule has 0 aromatic carbocycles. The fourth-order valence-corrected chi connectivity index (χ4v) is 2.61. The molecule has 2 N–H and O–H groups in total. The molecule has 2 heterocycles. The largest absolute Gasteiger partial charge is 0.473 e. The maximum Gasteiger partial charge on any atom is 0.228 e. The average molecular weight is 247 g/mol. The first-order chi connectivity index (χ1) is 8.79. The highest BCUT2D eigenvalue weighted by Crippen LogP contribution is 2.30. The quantitative estimate of drug-likeness (QED) is 0.870. The first-order valence-corrected chi connectivity index (χ1v) is 6.29. The summed E-state index contributed by atoms with van der Waals surface area (Å²) in [6, 6.07) is 0. The zero-order valence-corrected chi connectivity index (χ0v) is 10.4. The lowest BCUT2D eigenvalue weighted by Crippen LogP contribution is -2.28. The fraction of sp³-hybridized carbons (Fsp3) is 0.583. The SMILES string of the molecule is Cn1ncc2c(OC3CCCC3CN)ncnc21. The number of nitrogens with zero attached hydrogens (tertiary/aromatic N) is 4. The maximum absolute atomic E-state index is 6.02.